The van der Waals surface area contributed by atoms with E-state index in [-0.39, 0.29) is 11.6 Å². The molecule has 0 aromatic heterocycles. The van der Waals surface area contributed by atoms with Crippen LogP contribution in [0.3, 0.4) is 0 Å². The maximum Gasteiger partial charge on any atom is 0.138 e. The molecule has 0 heterocycles. The first-order chi connectivity index (χ1) is 8.06. The van der Waals surface area contributed by atoms with E-state index >= 15 is 0 Å². The van der Waals surface area contributed by atoms with Crippen molar-refractivity contribution in [2.24, 2.45) is 0 Å². The highest BCUT2D eigenvalue weighted by Crippen LogP contribution is 2.27. The van der Waals surface area contributed by atoms with Crippen LogP contribution in [-0.4, -0.2) is 0 Å². The summed E-state index contributed by atoms with van der Waals surface area (Å²) in [6.07, 6.45) is 0. The van der Waals surface area contributed by atoms with Crippen LogP contribution in [0.1, 0.15) is 0 Å². The number of nitrogens with two attached hydrogens (primary N) is 1. The zero-order valence-electron chi connectivity index (χ0n) is 8.68. The average Bonchev–Trinajstić information content (AvgIpc) is 2.26. The third-order valence-electron chi connectivity index (χ3n) is 2.20. The summed E-state index contributed by atoms with van der Waals surface area (Å²) in [6, 6.07) is 8.72. The molecule has 17 heavy (non-hydrogen) atoms. The van der Waals surface area contributed by atoms with Gasteiger partial charge in [0.25, 0.3) is 0 Å². The predicted octanol–water partition coefficient (Wildman–Crippen LogP) is 3.90. The van der Waals surface area contributed by atoms with Gasteiger partial charge in [-0.25, -0.2) is 8.78 Å². The second kappa shape index (κ2) is 4.87. The second-order valence-electron chi connectivity index (χ2n) is 3.49. The van der Waals surface area contributed by atoms with E-state index in [0.29, 0.717) is 20.6 Å². The number of hydrogen-bond donors (Lipinski definition) is 2. The first-order valence-corrected chi connectivity index (χ1v) is 5.91. The van der Waals surface area contributed by atoms with Crippen LogP contribution < -0.4 is 11.1 Å². The van der Waals surface area contributed by atoms with Crippen molar-refractivity contribution in [2.45, 2.75) is 0 Å². The summed E-state index contributed by atoms with van der Waals surface area (Å²) < 4.78 is 26.8. The normalized spacial score (nSPS) is 10.3. The van der Waals surface area contributed by atoms with E-state index in [9.17, 15) is 8.78 Å². The summed E-state index contributed by atoms with van der Waals surface area (Å²) in [7, 11) is 0. The van der Waals surface area contributed by atoms with E-state index in [1.807, 2.05) is 22.6 Å². The molecule has 0 fully saturated rings. The molecule has 0 atom stereocenters. The lowest BCUT2D eigenvalue weighted by Gasteiger charge is -2.10. The molecule has 2 aromatic rings. The molecular formula is C12H9F2IN2. The number of benzene rings is 2. The van der Waals surface area contributed by atoms with Gasteiger partial charge in [0.15, 0.2) is 0 Å². The van der Waals surface area contributed by atoms with Crippen LogP contribution in [0, 0.1) is 15.2 Å². The Hall–Kier alpha value is -1.37. The van der Waals surface area contributed by atoms with E-state index in [1.165, 1.54) is 24.3 Å². The minimum absolute atomic E-state index is 0.362. The van der Waals surface area contributed by atoms with Crippen molar-refractivity contribution in [3.05, 3.63) is 51.6 Å². The lowest BCUT2D eigenvalue weighted by atomic mass is 10.2. The fraction of sp³-hybridized carbons (Fsp3) is 0. The Bertz CT molecular complexity index is 558. The zero-order chi connectivity index (χ0) is 12.4. The molecule has 0 spiro atoms. The van der Waals surface area contributed by atoms with Crippen LogP contribution in [0.15, 0.2) is 36.4 Å². The molecule has 0 saturated heterocycles. The highest BCUT2D eigenvalue weighted by atomic mass is 127. The Morgan fingerprint density at radius 1 is 1.12 bits per heavy atom. The van der Waals surface area contributed by atoms with E-state index in [2.05, 4.69) is 5.32 Å². The largest absolute Gasteiger partial charge is 0.397 e. The van der Waals surface area contributed by atoms with Crippen LogP contribution >= 0.6 is 22.6 Å². The highest BCUT2D eigenvalue weighted by Gasteiger charge is 2.06. The summed E-state index contributed by atoms with van der Waals surface area (Å²) >= 11 is 1.86. The van der Waals surface area contributed by atoms with Crippen molar-refractivity contribution < 1.29 is 8.78 Å². The van der Waals surface area contributed by atoms with E-state index in [0.717, 1.165) is 0 Å². The fourth-order valence-corrected chi connectivity index (χ4v) is 1.88. The van der Waals surface area contributed by atoms with Gasteiger partial charge in [-0.2, -0.15) is 0 Å². The monoisotopic (exact) mass is 346 g/mol. The van der Waals surface area contributed by atoms with E-state index < -0.39 is 0 Å². The highest BCUT2D eigenvalue weighted by molar-refractivity contribution is 14.1. The Balaban J connectivity index is 2.33. The van der Waals surface area contributed by atoms with Crippen LogP contribution in [0.4, 0.5) is 25.8 Å². The van der Waals surface area contributed by atoms with Gasteiger partial charge >= 0.3 is 0 Å². The van der Waals surface area contributed by atoms with Gasteiger partial charge in [0.05, 0.1) is 14.9 Å². The number of halogens is 3. The standard InChI is InChI=1S/C12H9F2IN2/c13-7-2-1-3-8(4-7)17-12-5-9(14)10(15)6-11(12)16/h1-6,17H,16H2. The molecule has 0 saturated carbocycles. The number of nitrogen functional groups attached to an aromatic ring is 1. The number of hydrogen-bond acceptors (Lipinski definition) is 2. The molecule has 0 aliphatic rings. The Morgan fingerprint density at radius 2 is 1.88 bits per heavy atom. The third-order valence-corrected chi connectivity index (χ3v) is 3.02. The van der Waals surface area contributed by atoms with Crippen molar-refractivity contribution in [1.82, 2.24) is 0 Å². The molecule has 2 nitrogen and oxygen atoms in total. The maximum absolute atomic E-state index is 13.4. The van der Waals surface area contributed by atoms with Gasteiger partial charge in [0, 0.05) is 11.8 Å². The minimum Gasteiger partial charge on any atom is -0.397 e. The van der Waals surface area contributed by atoms with E-state index in [4.69, 9.17) is 5.73 Å². The van der Waals surface area contributed by atoms with Crippen LogP contribution in [0.2, 0.25) is 0 Å². The van der Waals surface area contributed by atoms with Gasteiger partial charge in [-0.05, 0) is 46.9 Å². The predicted molar refractivity (Wildman–Crippen MR) is 73.2 cm³/mol. The molecule has 3 N–H and O–H groups in total. The molecule has 0 aliphatic heterocycles. The Morgan fingerprint density at radius 3 is 2.59 bits per heavy atom. The molecule has 0 aliphatic carbocycles. The summed E-state index contributed by atoms with van der Waals surface area (Å²) in [5, 5.41) is 2.87. The molecule has 88 valence electrons. The smallest absolute Gasteiger partial charge is 0.138 e. The van der Waals surface area contributed by atoms with Crippen LogP contribution in [-0.2, 0) is 0 Å². The summed E-state index contributed by atoms with van der Waals surface area (Å²) in [5.41, 5.74) is 7.12. The molecule has 2 aromatic carbocycles. The Labute approximate surface area is 111 Å². The second-order valence-corrected chi connectivity index (χ2v) is 4.65. The maximum atomic E-state index is 13.4. The van der Waals surface area contributed by atoms with Gasteiger partial charge in [0.1, 0.15) is 11.6 Å². The third kappa shape index (κ3) is 2.85. The van der Waals surface area contributed by atoms with Gasteiger partial charge in [-0.15, -0.1) is 0 Å². The number of anilines is 3. The molecule has 2 rings (SSSR count). The molecule has 0 bridgehead atoms. The van der Waals surface area contributed by atoms with Crippen molar-refractivity contribution in [3.8, 4) is 0 Å². The first-order valence-electron chi connectivity index (χ1n) is 4.83. The zero-order valence-corrected chi connectivity index (χ0v) is 10.8. The lowest BCUT2D eigenvalue weighted by molar-refractivity contribution is 0.621. The van der Waals surface area contributed by atoms with Crippen molar-refractivity contribution in [1.29, 1.82) is 0 Å². The average molecular weight is 346 g/mol. The fourth-order valence-electron chi connectivity index (χ4n) is 1.39. The summed E-state index contributed by atoms with van der Waals surface area (Å²) in [6.45, 7) is 0. The molecule has 0 unspecified atom stereocenters. The van der Waals surface area contributed by atoms with Gasteiger partial charge < -0.3 is 11.1 Å². The molecule has 5 heteroatoms. The van der Waals surface area contributed by atoms with Crippen molar-refractivity contribution in [3.63, 3.8) is 0 Å². The minimum atomic E-state index is -0.362. The number of nitrogens with one attached hydrogen (secondary N) is 1. The first kappa shape index (κ1) is 12.1. The summed E-state index contributed by atoms with van der Waals surface area (Å²) in [4.78, 5) is 0. The molecule has 0 amide bonds. The SMILES string of the molecule is Nc1cc(I)c(F)cc1Nc1cccc(F)c1. The van der Waals surface area contributed by atoms with Crippen molar-refractivity contribution >= 4 is 39.7 Å². The van der Waals surface area contributed by atoms with Crippen LogP contribution in [0.5, 0.6) is 0 Å². The van der Waals surface area contributed by atoms with Gasteiger partial charge in [-0.1, -0.05) is 6.07 Å². The molecular weight excluding hydrogens is 337 g/mol. The van der Waals surface area contributed by atoms with Gasteiger partial charge in [-0.3, -0.25) is 0 Å². The quantitative estimate of drug-likeness (QED) is 0.640. The topological polar surface area (TPSA) is 38.0 Å². The summed E-state index contributed by atoms with van der Waals surface area (Å²) in [5.74, 6) is -0.724. The number of rotatable bonds is 2. The molecule has 0 radical (unpaired) electrons. The van der Waals surface area contributed by atoms with Crippen molar-refractivity contribution in [2.75, 3.05) is 11.1 Å². The Kier molecular flexibility index (Phi) is 3.46. The van der Waals surface area contributed by atoms with E-state index in [1.54, 1.807) is 12.1 Å². The van der Waals surface area contributed by atoms with Crippen LogP contribution in [0.25, 0.3) is 0 Å². The van der Waals surface area contributed by atoms with Gasteiger partial charge in [0.2, 0.25) is 0 Å². The lowest BCUT2D eigenvalue weighted by Crippen LogP contribution is -1.98.